The van der Waals surface area contributed by atoms with Crippen molar-refractivity contribution >= 4 is 23.6 Å². The number of rotatable bonds is 7. The van der Waals surface area contributed by atoms with Crippen molar-refractivity contribution in [2.75, 3.05) is 5.32 Å². The highest BCUT2D eigenvalue weighted by molar-refractivity contribution is 5.97. The van der Waals surface area contributed by atoms with E-state index in [1.54, 1.807) is 36.4 Å². The maximum atomic E-state index is 12.3. The van der Waals surface area contributed by atoms with E-state index < -0.39 is 18.0 Å². The summed E-state index contributed by atoms with van der Waals surface area (Å²) in [7, 11) is 0. The van der Waals surface area contributed by atoms with Gasteiger partial charge < -0.3 is 20.7 Å². The molecule has 0 aliphatic carbocycles. The summed E-state index contributed by atoms with van der Waals surface area (Å²) in [5, 5.41) is 8.18. The Morgan fingerprint density at radius 1 is 0.931 bits per heavy atom. The van der Waals surface area contributed by atoms with Gasteiger partial charge in [0, 0.05) is 18.3 Å². The molecule has 7 heteroatoms. The molecule has 2 aromatic carbocycles. The van der Waals surface area contributed by atoms with E-state index in [9.17, 15) is 14.4 Å². The summed E-state index contributed by atoms with van der Waals surface area (Å²) in [5.74, 6) is -0.993. The summed E-state index contributed by atoms with van der Waals surface area (Å²) in [6.45, 7) is 7.57. The van der Waals surface area contributed by atoms with Crippen molar-refractivity contribution in [3.8, 4) is 0 Å². The van der Waals surface area contributed by atoms with Gasteiger partial charge in [-0.1, -0.05) is 29.8 Å². The van der Waals surface area contributed by atoms with Crippen molar-refractivity contribution in [1.82, 2.24) is 10.6 Å². The second-order valence-corrected chi connectivity index (χ2v) is 7.08. The molecule has 154 valence electrons. The van der Waals surface area contributed by atoms with Crippen LogP contribution in [0.4, 0.5) is 10.5 Å². The number of amides is 3. The maximum absolute atomic E-state index is 12.3. The van der Waals surface area contributed by atoms with Gasteiger partial charge in [0.2, 0.25) is 0 Å². The Hall–Kier alpha value is -3.35. The molecule has 0 fully saturated rings. The summed E-state index contributed by atoms with van der Waals surface area (Å²) < 4.78 is 5.25. The molecule has 0 aromatic heterocycles. The van der Waals surface area contributed by atoms with Crippen LogP contribution in [0.3, 0.4) is 0 Å². The van der Waals surface area contributed by atoms with Gasteiger partial charge >= 0.3 is 12.0 Å². The number of carbonyl (C=O) groups excluding carboxylic acids is 3. The van der Waals surface area contributed by atoms with Crippen LogP contribution in [0.2, 0.25) is 0 Å². The average molecular weight is 397 g/mol. The van der Waals surface area contributed by atoms with Crippen LogP contribution in [0, 0.1) is 6.92 Å². The highest BCUT2D eigenvalue weighted by Gasteiger charge is 2.19. The van der Waals surface area contributed by atoms with Crippen molar-refractivity contribution < 1.29 is 19.1 Å². The number of nitrogens with one attached hydrogen (secondary N) is 3. The Kier molecular flexibility index (Phi) is 7.77. The predicted octanol–water partition coefficient (Wildman–Crippen LogP) is 3.39. The SMILES string of the molecule is Cc1ccc(NC(=O)[C@@H](C)OC(=O)c2ccc(CNC(=O)NC(C)C)cc2)cc1. The largest absolute Gasteiger partial charge is 0.449 e. The van der Waals surface area contributed by atoms with Crippen LogP contribution >= 0.6 is 0 Å². The van der Waals surface area contributed by atoms with Gasteiger partial charge in [0.15, 0.2) is 6.10 Å². The number of urea groups is 1. The summed E-state index contributed by atoms with van der Waals surface area (Å²) in [5.41, 5.74) is 2.89. The van der Waals surface area contributed by atoms with Gasteiger partial charge in [-0.15, -0.1) is 0 Å². The first-order valence-corrected chi connectivity index (χ1v) is 9.46. The van der Waals surface area contributed by atoms with Crippen molar-refractivity contribution in [3.05, 3.63) is 65.2 Å². The van der Waals surface area contributed by atoms with Crippen LogP contribution in [0.15, 0.2) is 48.5 Å². The standard InChI is InChI=1S/C22H27N3O4/c1-14(2)24-22(28)23-13-17-7-9-18(10-8-17)21(27)29-16(4)20(26)25-19-11-5-15(3)6-12-19/h5-12,14,16H,13H2,1-4H3,(H,25,26)(H2,23,24,28)/t16-/m1/s1. The van der Waals surface area contributed by atoms with Gasteiger partial charge in [0.25, 0.3) is 5.91 Å². The molecule has 29 heavy (non-hydrogen) atoms. The molecule has 0 radical (unpaired) electrons. The molecule has 0 bridgehead atoms. The molecule has 0 saturated heterocycles. The van der Waals surface area contributed by atoms with E-state index in [-0.39, 0.29) is 12.1 Å². The van der Waals surface area contributed by atoms with E-state index in [0.29, 0.717) is 17.8 Å². The number of esters is 1. The third kappa shape index (κ3) is 7.29. The number of aryl methyl sites for hydroxylation is 1. The molecule has 0 aliphatic heterocycles. The quantitative estimate of drug-likeness (QED) is 0.624. The van der Waals surface area contributed by atoms with E-state index in [2.05, 4.69) is 16.0 Å². The van der Waals surface area contributed by atoms with E-state index >= 15 is 0 Å². The molecule has 0 saturated carbocycles. The fraction of sp³-hybridized carbons (Fsp3) is 0.318. The third-order valence-corrected chi connectivity index (χ3v) is 4.03. The molecule has 0 heterocycles. The summed E-state index contributed by atoms with van der Waals surface area (Å²) in [4.78, 5) is 36.1. The summed E-state index contributed by atoms with van der Waals surface area (Å²) in [6, 6.07) is 13.8. The van der Waals surface area contributed by atoms with Gasteiger partial charge in [-0.05, 0) is 57.5 Å². The molecule has 2 aromatic rings. The van der Waals surface area contributed by atoms with E-state index in [1.165, 1.54) is 6.92 Å². The van der Waals surface area contributed by atoms with E-state index in [1.807, 2.05) is 32.9 Å². The van der Waals surface area contributed by atoms with E-state index in [0.717, 1.165) is 11.1 Å². The van der Waals surface area contributed by atoms with Crippen LogP contribution < -0.4 is 16.0 Å². The molecule has 2 rings (SSSR count). The minimum atomic E-state index is -0.940. The molecular formula is C22H27N3O4. The fourth-order valence-corrected chi connectivity index (χ4v) is 2.42. The van der Waals surface area contributed by atoms with Crippen LogP contribution in [0.5, 0.6) is 0 Å². The second kappa shape index (κ2) is 10.3. The summed E-state index contributed by atoms with van der Waals surface area (Å²) in [6.07, 6.45) is -0.940. The lowest BCUT2D eigenvalue weighted by molar-refractivity contribution is -0.123. The van der Waals surface area contributed by atoms with Gasteiger partial charge in [-0.2, -0.15) is 0 Å². The lowest BCUT2D eigenvalue weighted by Gasteiger charge is -2.14. The first-order chi connectivity index (χ1) is 13.7. The minimum Gasteiger partial charge on any atom is -0.449 e. The van der Waals surface area contributed by atoms with Crippen molar-refractivity contribution in [1.29, 1.82) is 0 Å². The number of ether oxygens (including phenoxy) is 1. The molecule has 3 N–H and O–H groups in total. The van der Waals surface area contributed by atoms with Crippen molar-refractivity contribution in [2.45, 2.75) is 46.4 Å². The number of anilines is 1. The van der Waals surface area contributed by atoms with Crippen LogP contribution in [0.25, 0.3) is 0 Å². The lowest BCUT2D eigenvalue weighted by Crippen LogP contribution is -2.39. The Labute approximate surface area is 170 Å². The number of hydrogen-bond acceptors (Lipinski definition) is 4. The smallest absolute Gasteiger partial charge is 0.338 e. The molecule has 0 aliphatic rings. The first kappa shape index (κ1) is 21.9. The van der Waals surface area contributed by atoms with Crippen molar-refractivity contribution in [2.24, 2.45) is 0 Å². The zero-order chi connectivity index (χ0) is 21.4. The van der Waals surface area contributed by atoms with Gasteiger partial charge in [-0.3, -0.25) is 4.79 Å². The molecule has 1 atom stereocenters. The van der Waals surface area contributed by atoms with Crippen LogP contribution in [-0.2, 0) is 16.1 Å². The average Bonchev–Trinajstić information content (AvgIpc) is 2.68. The maximum Gasteiger partial charge on any atom is 0.338 e. The number of carbonyl (C=O) groups is 3. The zero-order valence-electron chi connectivity index (χ0n) is 17.1. The van der Waals surface area contributed by atoms with E-state index in [4.69, 9.17) is 4.74 Å². The second-order valence-electron chi connectivity index (χ2n) is 7.08. The predicted molar refractivity (Wildman–Crippen MR) is 112 cm³/mol. The van der Waals surface area contributed by atoms with Gasteiger partial charge in [0.05, 0.1) is 5.56 Å². The first-order valence-electron chi connectivity index (χ1n) is 9.46. The topological polar surface area (TPSA) is 96.5 Å². The molecule has 0 spiro atoms. The highest BCUT2D eigenvalue weighted by atomic mass is 16.5. The monoisotopic (exact) mass is 397 g/mol. The number of hydrogen-bond donors (Lipinski definition) is 3. The van der Waals surface area contributed by atoms with Gasteiger partial charge in [-0.25, -0.2) is 9.59 Å². The molecular weight excluding hydrogens is 370 g/mol. The van der Waals surface area contributed by atoms with Gasteiger partial charge in [0.1, 0.15) is 0 Å². The fourth-order valence-electron chi connectivity index (χ4n) is 2.42. The molecule has 7 nitrogen and oxygen atoms in total. The zero-order valence-corrected chi connectivity index (χ0v) is 17.1. The Bertz CT molecular complexity index is 845. The summed E-state index contributed by atoms with van der Waals surface area (Å²) >= 11 is 0. The van der Waals surface area contributed by atoms with Crippen molar-refractivity contribution in [3.63, 3.8) is 0 Å². The minimum absolute atomic E-state index is 0.0531. The number of benzene rings is 2. The Morgan fingerprint density at radius 2 is 1.55 bits per heavy atom. The van der Waals surface area contributed by atoms with Crippen LogP contribution in [-0.4, -0.2) is 30.1 Å². The van der Waals surface area contributed by atoms with Crippen LogP contribution in [0.1, 0.15) is 42.3 Å². The Morgan fingerprint density at radius 3 is 2.14 bits per heavy atom. The molecule has 3 amide bonds. The lowest BCUT2D eigenvalue weighted by atomic mass is 10.1. The normalized spacial score (nSPS) is 11.5. The third-order valence-electron chi connectivity index (χ3n) is 4.03. The Balaban J connectivity index is 1.85. The molecule has 0 unspecified atom stereocenters. The highest BCUT2D eigenvalue weighted by Crippen LogP contribution is 2.11.